The van der Waals surface area contributed by atoms with Crippen LogP contribution in [-0.4, -0.2) is 31.6 Å². The standard InChI is InChI=1S/C11H13BrN2O2/c12-4-3-10(15)11(16)7-1-2-8-9(5-7)14-6-13-8/h1-2,5-6,10-11,15-16H,3-4H2,(H,13,14). The third-order valence-corrected chi connectivity index (χ3v) is 3.01. The molecule has 1 heterocycles. The van der Waals surface area contributed by atoms with E-state index < -0.39 is 12.2 Å². The Labute approximate surface area is 101 Å². The average molecular weight is 285 g/mol. The largest absolute Gasteiger partial charge is 0.390 e. The van der Waals surface area contributed by atoms with Crippen LogP contribution >= 0.6 is 15.9 Å². The van der Waals surface area contributed by atoms with E-state index in [0.29, 0.717) is 17.3 Å². The molecule has 86 valence electrons. The Balaban J connectivity index is 2.24. The number of aliphatic hydroxyl groups is 2. The van der Waals surface area contributed by atoms with E-state index in [-0.39, 0.29) is 0 Å². The molecule has 1 aromatic heterocycles. The van der Waals surface area contributed by atoms with Gasteiger partial charge in [0.05, 0.1) is 23.5 Å². The van der Waals surface area contributed by atoms with Crippen molar-refractivity contribution in [1.82, 2.24) is 9.97 Å². The van der Waals surface area contributed by atoms with Crippen LogP contribution < -0.4 is 0 Å². The van der Waals surface area contributed by atoms with Crippen LogP contribution in [0.1, 0.15) is 18.1 Å². The number of aromatic nitrogens is 2. The molecule has 2 rings (SSSR count). The molecule has 0 saturated carbocycles. The molecule has 16 heavy (non-hydrogen) atoms. The number of H-pyrrole nitrogens is 1. The van der Waals surface area contributed by atoms with Crippen LogP contribution in [0.25, 0.3) is 11.0 Å². The zero-order chi connectivity index (χ0) is 11.5. The number of nitrogens with zero attached hydrogens (tertiary/aromatic N) is 1. The summed E-state index contributed by atoms with van der Waals surface area (Å²) >= 11 is 3.24. The van der Waals surface area contributed by atoms with Gasteiger partial charge in [0.1, 0.15) is 6.10 Å². The van der Waals surface area contributed by atoms with Gasteiger partial charge in [0.2, 0.25) is 0 Å². The highest BCUT2D eigenvalue weighted by Gasteiger charge is 2.17. The molecule has 0 radical (unpaired) electrons. The molecule has 2 aromatic rings. The van der Waals surface area contributed by atoms with Gasteiger partial charge in [-0.15, -0.1) is 0 Å². The summed E-state index contributed by atoms with van der Waals surface area (Å²) in [7, 11) is 0. The molecule has 0 fully saturated rings. The van der Waals surface area contributed by atoms with Gasteiger partial charge >= 0.3 is 0 Å². The number of nitrogens with one attached hydrogen (secondary N) is 1. The van der Waals surface area contributed by atoms with Crippen LogP contribution in [0.5, 0.6) is 0 Å². The van der Waals surface area contributed by atoms with Crippen molar-refractivity contribution in [2.75, 3.05) is 5.33 Å². The number of imidazole rings is 1. The number of fused-ring (bicyclic) bond motifs is 1. The molecule has 5 heteroatoms. The van der Waals surface area contributed by atoms with Crippen LogP contribution in [0.2, 0.25) is 0 Å². The van der Waals surface area contributed by atoms with Gasteiger partial charge in [-0.3, -0.25) is 0 Å². The number of hydrogen-bond acceptors (Lipinski definition) is 3. The second-order valence-corrected chi connectivity index (χ2v) is 4.46. The van der Waals surface area contributed by atoms with Gasteiger partial charge < -0.3 is 15.2 Å². The average Bonchev–Trinajstić information content (AvgIpc) is 2.75. The second-order valence-electron chi connectivity index (χ2n) is 3.67. The fourth-order valence-corrected chi connectivity index (χ4v) is 2.10. The van der Waals surface area contributed by atoms with Crippen LogP contribution in [-0.2, 0) is 0 Å². The normalized spacial score (nSPS) is 15.2. The number of aliphatic hydroxyl groups excluding tert-OH is 2. The molecule has 0 aliphatic carbocycles. The third-order valence-electron chi connectivity index (χ3n) is 2.56. The molecule has 0 spiro atoms. The Morgan fingerprint density at radius 2 is 2.19 bits per heavy atom. The Morgan fingerprint density at radius 1 is 1.38 bits per heavy atom. The van der Waals surface area contributed by atoms with Crippen LogP contribution in [0.4, 0.5) is 0 Å². The van der Waals surface area contributed by atoms with Gasteiger partial charge in [-0.05, 0) is 24.1 Å². The number of aromatic amines is 1. The molecule has 3 N–H and O–H groups in total. The minimum absolute atomic E-state index is 0.516. The number of halogens is 1. The van der Waals surface area contributed by atoms with Crippen LogP contribution in [0.3, 0.4) is 0 Å². The SMILES string of the molecule is OC(CCBr)C(O)c1ccc2nc[nH]c2c1. The lowest BCUT2D eigenvalue weighted by Crippen LogP contribution is -2.18. The zero-order valence-electron chi connectivity index (χ0n) is 8.60. The van der Waals surface area contributed by atoms with Crippen molar-refractivity contribution < 1.29 is 10.2 Å². The monoisotopic (exact) mass is 284 g/mol. The molecule has 0 aliphatic heterocycles. The summed E-state index contributed by atoms with van der Waals surface area (Å²) in [5.41, 5.74) is 2.42. The van der Waals surface area contributed by atoms with E-state index in [9.17, 15) is 10.2 Å². The van der Waals surface area contributed by atoms with Gasteiger partial charge in [-0.1, -0.05) is 22.0 Å². The van der Waals surface area contributed by atoms with E-state index in [1.165, 1.54) is 0 Å². The lowest BCUT2D eigenvalue weighted by atomic mass is 10.0. The van der Waals surface area contributed by atoms with E-state index in [2.05, 4.69) is 25.9 Å². The van der Waals surface area contributed by atoms with Crippen LogP contribution in [0, 0.1) is 0 Å². The topological polar surface area (TPSA) is 69.1 Å². The Kier molecular flexibility index (Phi) is 3.58. The van der Waals surface area contributed by atoms with E-state index in [1.54, 1.807) is 12.4 Å². The minimum Gasteiger partial charge on any atom is -0.390 e. The molecule has 2 unspecified atom stereocenters. The Hall–Kier alpha value is -0.910. The molecule has 4 nitrogen and oxygen atoms in total. The van der Waals surface area contributed by atoms with E-state index in [0.717, 1.165) is 11.0 Å². The number of hydrogen-bond donors (Lipinski definition) is 3. The first-order chi connectivity index (χ1) is 7.72. The Bertz CT molecular complexity index is 472. The highest BCUT2D eigenvalue weighted by atomic mass is 79.9. The highest BCUT2D eigenvalue weighted by Crippen LogP contribution is 2.22. The molecule has 0 amide bonds. The first-order valence-corrected chi connectivity index (χ1v) is 6.19. The fourth-order valence-electron chi connectivity index (χ4n) is 1.63. The summed E-state index contributed by atoms with van der Waals surface area (Å²) in [5.74, 6) is 0. The van der Waals surface area contributed by atoms with Gasteiger partial charge in [-0.25, -0.2) is 4.98 Å². The van der Waals surface area contributed by atoms with Gasteiger partial charge in [-0.2, -0.15) is 0 Å². The maximum atomic E-state index is 9.91. The summed E-state index contributed by atoms with van der Waals surface area (Å²) in [6.07, 6.45) is 0.516. The van der Waals surface area contributed by atoms with E-state index in [1.807, 2.05) is 12.1 Å². The van der Waals surface area contributed by atoms with Gasteiger partial charge in [0, 0.05) is 5.33 Å². The molecule has 1 aromatic carbocycles. The van der Waals surface area contributed by atoms with Crippen molar-refractivity contribution in [3.05, 3.63) is 30.1 Å². The first kappa shape index (κ1) is 11.6. The smallest absolute Gasteiger partial charge is 0.105 e. The minimum atomic E-state index is -0.856. The van der Waals surface area contributed by atoms with Crippen molar-refractivity contribution in [2.24, 2.45) is 0 Å². The lowest BCUT2D eigenvalue weighted by molar-refractivity contribution is 0.0174. The van der Waals surface area contributed by atoms with Crippen molar-refractivity contribution in [3.63, 3.8) is 0 Å². The summed E-state index contributed by atoms with van der Waals surface area (Å²) < 4.78 is 0. The van der Waals surface area contributed by atoms with Crippen molar-refractivity contribution in [1.29, 1.82) is 0 Å². The molecule has 0 aliphatic rings. The quantitative estimate of drug-likeness (QED) is 0.749. The predicted molar refractivity (Wildman–Crippen MR) is 65.5 cm³/mol. The van der Waals surface area contributed by atoms with E-state index in [4.69, 9.17) is 0 Å². The molecule has 0 bridgehead atoms. The van der Waals surface area contributed by atoms with E-state index >= 15 is 0 Å². The number of benzene rings is 1. The third kappa shape index (κ3) is 2.26. The second kappa shape index (κ2) is 4.95. The molecular formula is C11H13BrN2O2. The van der Waals surface area contributed by atoms with Crippen molar-refractivity contribution in [3.8, 4) is 0 Å². The summed E-state index contributed by atoms with van der Waals surface area (Å²) in [5, 5.41) is 20.3. The summed E-state index contributed by atoms with van der Waals surface area (Å²) in [4.78, 5) is 7.07. The number of alkyl halides is 1. The van der Waals surface area contributed by atoms with Gasteiger partial charge in [0.25, 0.3) is 0 Å². The number of rotatable bonds is 4. The van der Waals surface area contributed by atoms with Gasteiger partial charge in [0.15, 0.2) is 0 Å². The van der Waals surface area contributed by atoms with Crippen LogP contribution in [0.15, 0.2) is 24.5 Å². The summed E-state index contributed by atoms with van der Waals surface area (Å²) in [6, 6.07) is 5.42. The Morgan fingerprint density at radius 3 is 2.94 bits per heavy atom. The molecular weight excluding hydrogens is 272 g/mol. The maximum Gasteiger partial charge on any atom is 0.105 e. The maximum absolute atomic E-state index is 9.91. The first-order valence-electron chi connectivity index (χ1n) is 5.07. The molecule has 2 atom stereocenters. The lowest BCUT2D eigenvalue weighted by Gasteiger charge is -2.17. The van der Waals surface area contributed by atoms with Crippen molar-refractivity contribution >= 4 is 27.0 Å². The summed E-state index contributed by atoms with van der Waals surface area (Å²) in [6.45, 7) is 0. The zero-order valence-corrected chi connectivity index (χ0v) is 10.2. The highest BCUT2D eigenvalue weighted by molar-refractivity contribution is 9.09. The van der Waals surface area contributed by atoms with Crippen molar-refractivity contribution in [2.45, 2.75) is 18.6 Å². The molecule has 0 saturated heterocycles. The predicted octanol–water partition coefficient (Wildman–Crippen LogP) is 1.74. The fraction of sp³-hybridized carbons (Fsp3) is 0.364.